The molecule has 0 spiro atoms. The van der Waals surface area contributed by atoms with Crippen molar-refractivity contribution in [2.24, 2.45) is 5.92 Å². The van der Waals surface area contributed by atoms with Crippen LogP contribution >= 0.6 is 15.9 Å². The van der Waals surface area contributed by atoms with E-state index in [4.69, 9.17) is 4.74 Å². The van der Waals surface area contributed by atoms with Crippen LogP contribution in [0.3, 0.4) is 0 Å². The van der Waals surface area contributed by atoms with Crippen LogP contribution in [0.25, 0.3) is 0 Å². The SMILES string of the molecule is CCCNCC(CCCCOC)Cc1ccc(Br)cc1. The van der Waals surface area contributed by atoms with E-state index in [1.807, 2.05) is 0 Å². The molecule has 0 aliphatic rings. The lowest BCUT2D eigenvalue weighted by Gasteiger charge is -2.18. The van der Waals surface area contributed by atoms with Crippen LogP contribution in [0.4, 0.5) is 0 Å². The number of benzene rings is 1. The summed E-state index contributed by atoms with van der Waals surface area (Å²) in [4.78, 5) is 0. The van der Waals surface area contributed by atoms with E-state index in [9.17, 15) is 0 Å². The molecule has 0 saturated carbocycles. The van der Waals surface area contributed by atoms with Gasteiger partial charge < -0.3 is 10.1 Å². The Bertz CT molecular complexity index is 339. The zero-order valence-corrected chi connectivity index (χ0v) is 14.4. The third-order valence-corrected chi connectivity index (χ3v) is 4.04. The third kappa shape index (κ3) is 8.03. The summed E-state index contributed by atoms with van der Waals surface area (Å²) in [5.41, 5.74) is 1.43. The number of ether oxygens (including phenoxy) is 1. The quantitative estimate of drug-likeness (QED) is 0.601. The highest BCUT2D eigenvalue weighted by Crippen LogP contribution is 2.17. The highest BCUT2D eigenvalue weighted by Gasteiger charge is 2.09. The molecule has 0 saturated heterocycles. The van der Waals surface area contributed by atoms with Crippen LogP contribution in [0.5, 0.6) is 0 Å². The van der Waals surface area contributed by atoms with Gasteiger partial charge in [-0.05, 0) is 62.4 Å². The molecule has 1 rings (SSSR count). The van der Waals surface area contributed by atoms with Gasteiger partial charge in [-0.3, -0.25) is 0 Å². The highest BCUT2D eigenvalue weighted by molar-refractivity contribution is 9.10. The summed E-state index contributed by atoms with van der Waals surface area (Å²) in [6.45, 7) is 5.34. The molecule has 0 aliphatic carbocycles. The van der Waals surface area contributed by atoms with Gasteiger partial charge in [-0.1, -0.05) is 41.4 Å². The van der Waals surface area contributed by atoms with Crippen molar-refractivity contribution in [1.29, 1.82) is 0 Å². The number of halogens is 1. The van der Waals surface area contributed by atoms with Crippen molar-refractivity contribution in [3.63, 3.8) is 0 Å². The molecule has 0 bridgehead atoms. The van der Waals surface area contributed by atoms with Crippen LogP contribution in [-0.4, -0.2) is 26.8 Å². The number of nitrogens with one attached hydrogen (secondary N) is 1. The van der Waals surface area contributed by atoms with E-state index in [1.165, 1.54) is 31.2 Å². The molecular formula is C17H28BrNO. The van der Waals surface area contributed by atoms with E-state index >= 15 is 0 Å². The molecule has 0 heterocycles. The van der Waals surface area contributed by atoms with Crippen LogP contribution < -0.4 is 5.32 Å². The van der Waals surface area contributed by atoms with Crippen molar-refractivity contribution in [3.05, 3.63) is 34.3 Å². The number of hydrogen-bond acceptors (Lipinski definition) is 2. The summed E-state index contributed by atoms with van der Waals surface area (Å²) in [6.07, 6.45) is 6.06. The van der Waals surface area contributed by atoms with E-state index in [1.54, 1.807) is 7.11 Å². The van der Waals surface area contributed by atoms with Crippen LogP contribution in [-0.2, 0) is 11.2 Å². The topological polar surface area (TPSA) is 21.3 Å². The van der Waals surface area contributed by atoms with Crippen molar-refractivity contribution in [2.45, 2.75) is 39.0 Å². The van der Waals surface area contributed by atoms with E-state index in [-0.39, 0.29) is 0 Å². The second-order valence-corrected chi connectivity index (χ2v) is 6.30. The van der Waals surface area contributed by atoms with Gasteiger partial charge in [0.05, 0.1) is 0 Å². The molecule has 1 aromatic rings. The molecule has 3 heteroatoms. The Labute approximate surface area is 132 Å². The van der Waals surface area contributed by atoms with Gasteiger partial charge in [0, 0.05) is 18.2 Å². The lowest BCUT2D eigenvalue weighted by molar-refractivity contribution is 0.190. The summed E-state index contributed by atoms with van der Waals surface area (Å²) in [6, 6.07) is 8.73. The fraction of sp³-hybridized carbons (Fsp3) is 0.647. The monoisotopic (exact) mass is 341 g/mol. The minimum atomic E-state index is 0.722. The minimum absolute atomic E-state index is 0.722. The molecule has 20 heavy (non-hydrogen) atoms. The predicted octanol–water partition coefficient (Wildman–Crippen LogP) is 4.42. The Morgan fingerprint density at radius 2 is 1.95 bits per heavy atom. The van der Waals surface area contributed by atoms with Gasteiger partial charge in [0.1, 0.15) is 0 Å². The van der Waals surface area contributed by atoms with E-state index in [0.717, 1.165) is 36.5 Å². The molecule has 1 N–H and O–H groups in total. The third-order valence-electron chi connectivity index (χ3n) is 3.51. The largest absolute Gasteiger partial charge is 0.385 e. The molecule has 0 aromatic heterocycles. The van der Waals surface area contributed by atoms with E-state index in [0.29, 0.717) is 0 Å². The summed E-state index contributed by atoms with van der Waals surface area (Å²) in [7, 11) is 1.78. The maximum atomic E-state index is 5.13. The summed E-state index contributed by atoms with van der Waals surface area (Å²) in [5.74, 6) is 0.722. The van der Waals surface area contributed by atoms with E-state index in [2.05, 4.69) is 52.4 Å². The van der Waals surface area contributed by atoms with Gasteiger partial charge >= 0.3 is 0 Å². The Hall–Kier alpha value is -0.380. The number of methoxy groups -OCH3 is 1. The molecule has 0 aliphatic heterocycles. The van der Waals surface area contributed by atoms with Gasteiger partial charge in [0.25, 0.3) is 0 Å². The second-order valence-electron chi connectivity index (χ2n) is 5.39. The summed E-state index contributed by atoms with van der Waals surface area (Å²) >= 11 is 3.50. The average Bonchev–Trinajstić information content (AvgIpc) is 2.46. The standard InChI is InChI=1S/C17H28BrNO/c1-3-11-19-14-16(6-4-5-12-20-2)13-15-7-9-17(18)10-8-15/h7-10,16,19H,3-6,11-14H2,1-2H3. The maximum absolute atomic E-state index is 5.13. The van der Waals surface area contributed by atoms with Gasteiger partial charge in [-0.2, -0.15) is 0 Å². The van der Waals surface area contributed by atoms with Crippen molar-refractivity contribution < 1.29 is 4.74 Å². The predicted molar refractivity (Wildman–Crippen MR) is 90.2 cm³/mol. The van der Waals surface area contributed by atoms with Gasteiger partial charge in [-0.25, -0.2) is 0 Å². The molecule has 0 fully saturated rings. The maximum Gasteiger partial charge on any atom is 0.0462 e. The van der Waals surface area contributed by atoms with Crippen molar-refractivity contribution in [1.82, 2.24) is 5.32 Å². The number of unbranched alkanes of at least 4 members (excludes halogenated alkanes) is 1. The fourth-order valence-corrected chi connectivity index (χ4v) is 2.66. The molecular weight excluding hydrogens is 314 g/mol. The van der Waals surface area contributed by atoms with Crippen LogP contribution in [0.2, 0.25) is 0 Å². The molecule has 2 nitrogen and oxygen atoms in total. The smallest absolute Gasteiger partial charge is 0.0462 e. The summed E-state index contributed by atoms with van der Waals surface area (Å²) < 4.78 is 6.29. The first kappa shape index (κ1) is 17.7. The lowest BCUT2D eigenvalue weighted by Crippen LogP contribution is -2.25. The number of hydrogen-bond donors (Lipinski definition) is 1. The van der Waals surface area contributed by atoms with Crippen LogP contribution in [0.1, 0.15) is 38.2 Å². The van der Waals surface area contributed by atoms with Crippen LogP contribution in [0, 0.1) is 5.92 Å². The van der Waals surface area contributed by atoms with Crippen molar-refractivity contribution in [3.8, 4) is 0 Å². The second kappa shape index (κ2) is 11.3. The van der Waals surface area contributed by atoms with Crippen molar-refractivity contribution >= 4 is 15.9 Å². The highest BCUT2D eigenvalue weighted by atomic mass is 79.9. The Kier molecular flexibility index (Phi) is 9.98. The van der Waals surface area contributed by atoms with Gasteiger partial charge in [0.2, 0.25) is 0 Å². The molecule has 1 aromatic carbocycles. The first-order valence-corrected chi connectivity index (χ1v) is 8.49. The average molecular weight is 342 g/mol. The van der Waals surface area contributed by atoms with Gasteiger partial charge in [-0.15, -0.1) is 0 Å². The zero-order valence-electron chi connectivity index (χ0n) is 12.8. The molecule has 0 amide bonds. The molecule has 114 valence electrons. The normalized spacial score (nSPS) is 12.6. The Morgan fingerprint density at radius 1 is 1.20 bits per heavy atom. The Balaban J connectivity index is 2.41. The van der Waals surface area contributed by atoms with E-state index < -0.39 is 0 Å². The minimum Gasteiger partial charge on any atom is -0.385 e. The molecule has 1 unspecified atom stereocenters. The number of rotatable bonds is 11. The summed E-state index contributed by atoms with van der Waals surface area (Å²) in [5, 5.41) is 3.57. The fourth-order valence-electron chi connectivity index (χ4n) is 2.39. The first-order valence-electron chi connectivity index (χ1n) is 7.70. The Morgan fingerprint density at radius 3 is 2.60 bits per heavy atom. The van der Waals surface area contributed by atoms with Gasteiger partial charge in [0.15, 0.2) is 0 Å². The molecule has 1 atom stereocenters. The van der Waals surface area contributed by atoms with Crippen LogP contribution in [0.15, 0.2) is 28.7 Å². The first-order chi connectivity index (χ1) is 9.76. The molecule has 0 radical (unpaired) electrons. The van der Waals surface area contributed by atoms with Crippen molar-refractivity contribution in [2.75, 3.05) is 26.8 Å². The zero-order chi connectivity index (χ0) is 14.6. The lowest BCUT2D eigenvalue weighted by atomic mass is 9.94.